The largest absolute Gasteiger partial charge is 0.488 e. The first kappa shape index (κ1) is 9.34. The van der Waals surface area contributed by atoms with Gasteiger partial charge < -0.3 is 15.2 Å². The van der Waals surface area contributed by atoms with Crippen LogP contribution in [0.1, 0.15) is 12.0 Å². The molecule has 1 aromatic rings. The highest BCUT2D eigenvalue weighted by Crippen LogP contribution is 2.23. The SMILES string of the molecule is Cc1ccc(N)cc1O[C@@H]1CCOC1. The van der Waals surface area contributed by atoms with E-state index in [1.807, 2.05) is 25.1 Å². The highest BCUT2D eigenvalue weighted by atomic mass is 16.5. The highest BCUT2D eigenvalue weighted by Gasteiger charge is 2.17. The molecule has 1 saturated heterocycles. The maximum absolute atomic E-state index is 5.78. The average molecular weight is 193 g/mol. The van der Waals surface area contributed by atoms with Crippen LogP contribution in [0.4, 0.5) is 5.69 Å². The Labute approximate surface area is 83.8 Å². The molecule has 0 aromatic heterocycles. The second-order valence-corrected chi connectivity index (χ2v) is 3.63. The maximum atomic E-state index is 5.78. The molecule has 76 valence electrons. The van der Waals surface area contributed by atoms with Crippen LogP contribution < -0.4 is 10.5 Å². The van der Waals surface area contributed by atoms with Gasteiger partial charge in [-0.05, 0) is 18.6 Å². The van der Waals surface area contributed by atoms with E-state index in [2.05, 4.69) is 0 Å². The van der Waals surface area contributed by atoms with E-state index in [0.717, 1.165) is 30.0 Å². The summed E-state index contributed by atoms with van der Waals surface area (Å²) >= 11 is 0. The van der Waals surface area contributed by atoms with E-state index < -0.39 is 0 Å². The van der Waals surface area contributed by atoms with E-state index in [-0.39, 0.29) is 6.10 Å². The summed E-state index contributed by atoms with van der Waals surface area (Å²) in [6.07, 6.45) is 1.16. The Balaban J connectivity index is 2.10. The van der Waals surface area contributed by atoms with Crippen LogP contribution in [0.15, 0.2) is 18.2 Å². The molecular weight excluding hydrogens is 178 g/mol. The van der Waals surface area contributed by atoms with Gasteiger partial charge in [-0.1, -0.05) is 6.07 Å². The van der Waals surface area contributed by atoms with E-state index in [1.54, 1.807) is 0 Å². The number of nitrogen functional groups attached to an aromatic ring is 1. The molecule has 14 heavy (non-hydrogen) atoms. The molecule has 1 atom stereocenters. The van der Waals surface area contributed by atoms with Gasteiger partial charge in [-0.15, -0.1) is 0 Å². The lowest BCUT2D eigenvalue weighted by Crippen LogP contribution is -2.16. The fourth-order valence-corrected chi connectivity index (χ4v) is 1.53. The second-order valence-electron chi connectivity index (χ2n) is 3.63. The summed E-state index contributed by atoms with van der Waals surface area (Å²) in [6, 6.07) is 5.72. The van der Waals surface area contributed by atoms with Crippen molar-refractivity contribution in [3.05, 3.63) is 23.8 Å². The molecule has 3 nitrogen and oxygen atoms in total. The molecule has 0 unspecified atom stereocenters. The molecule has 1 aromatic carbocycles. The van der Waals surface area contributed by atoms with Crippen molar-refractivity contribution < 1.29 is 9.47 Å². The minimum Gasteiger partial charge on any atom is -0.488 e. The molecule has 0 saturated carbocycles. The monoisotopic (exact) mass is 193 g/mol. The van der Waals surface area contributed by atoms with Gasteiger partial charge in [0.1, 0.15) is 11.9 Å². The fraction of sp³-hybridized carbons (Fsp3) is 0.455. The average Bonchev–Trinajstić information content (AvgIpc) is 2.64. The number of hydrogen-bond donors (Lipinski definition) is 1. The van der Waals surface area contributed by atoms with E-state index in [4.69, 9.17) is 15.2 Å². The smallest absolute Gasteiger partial charge is 0.124 e. The van der Waals surface area contributed by atoms with E-state index >= 15 is 0 Å². The molecule has 3 heteroatoms. The summed E-state index contributed by atoms with van der Waals surface area (Å²) in [5, 5.41) is 0. The van der Waals surface area contributed by atoms with Crippen LogP contribution in [-0.2, 0) is 4.74 Å². The normalized spacial score (nSPS) is 21.1. The molecule has 1 aliphatic rings. The molecule has 0 spiro atoms. The molecular formula is C11H15NO2. The molecule has 0 radical (unpaired) electrons. The lowest BCUT2D eigenvalue weighted by molar-refractivity contribution is 0.141. The predicted molar refractivity (Wildman–Crippen MR) is 55.4 cm³/mol. The molecule has 1 aliphatic heterocycles. The maximum Gasteiger partial charge on any atom is 0.124 e. The van der Waals surface area contributed by atoms with Gasteiger partial charge >= 0.3 is 0 Å². The second kappa shape index (κ2) is 3.88. The third-order valence-corrected chi connectivity index (χ3v) is 2.39. The van der Waals surface area contributed by atoms with Crippen molar-refractivity contribution in [2.24, 2.45) is 0 Å². The first-order valence-corrected chi connectivity index (χ1v) is 4.86. The fourth-order valence-electron chi connectivity index (χ4n) is 1.53. The molecule has 2 rings (SSSR count). The summed E-state index contributed by atoms with van der Waals surface area (Å²) in [5.74, 6) is 0.875. The van der Waals surface area contributed by atoms with Crippen molar-refractivity contribution in [3.63, 3.8) is 0 Å². The van der Waals surface area contributed by atoms with Gasteiger partial charge in [-0.25, -0.2) is 0 Å². The molecule has 0 bridgehead atoms. The Morgan fingerprint density at radius 3 is 3.07 bits per heavy atom. The third-order valence-electron chi connectivity index (χ3n) is 2.39. The first-order chi connectivity index (χ1) is 6.75. The van der Waals surface area contributed by atoms with Crippen molar-refractivity contribution in [2.45, 2.75) is 19.4 Å². The molecule has 0 aliphatic carbocycles. The van der Waals surface area contributed by atoms with Crippen molar-refractivity contribution in [1.82, 2.24) is 0 Å². The molecule has 1 heterocycles. The quantitative estimate of drug-likeness (QED) is 0.728. The van der Waals surface area contributed by atoms with Gasteiger partial charge in [0.15, 0.2) is 0 Å². The van der Waals surface area contributed by atoms with Crippen LogP contribution in [0.5, 0.6) is 5.75 Å². The zero-order valence-corrected chi connectivity index (χ0v) is 8.32. The Hall–Kier alpha value is -1.22. The van der Waals surface area contributed by atoms with Crippen LogP contribution in [0.25, 0.3) is 0 Å². The number of aryl methyl sites for hydroxylation is 1. The molecule has 1 fully saturated rings. The lowest BCUT2D eigenvalue weighted by Gasteiger charge is -2.14. The Morgan fingerprint density at radius 1 is 1.50 bits per heavy atom. The van der Waals surface area contributed by atoms with E-state index in [0.29, 0.717) is 6.61 Å². The number of benzene rings is 1. The van der Waals surface area contributed by atoms with Gasteiger partial charge in [0.25, 0.3) is 0 Å². The number of hydrogen-bond acceptors (Lipinski definition) is 3. The zero-order chi connectivity index (χ0) is 9.97. The van der Waals surface area contributed by atoms with E-state index in [1.165, 1.54) is 0 Å². The Bertz CT molecular complexity index is 319. The van der Waals surface area contributed by atoms with Crippen molar-refractivity contribution in [1.29, 1.82) is 0 Å². The minimum absolute atomic E-state index is 0.190. The number of nitrogens with two attached hydrogens (primary N) is 1. The first-order valence-electron chi connectivity index (χ1n) is 4.86. The van der Waals surface area contributed by atoms with Crippen LogP contribution in [0, 0.1) is 6.92 Å². The third kappa shape index (κ3) is 1.99. The highest BCUT2D eigenvalue weighted by molar-refractivity contribution is 5.48. The van der Waals surface area contributed by atoms with Crippen LogP contribution in [0.2, 0.25) is 0 Å². The summed E-state index contributed by atoms with van der Waals surface area (Å²) in [4.78, 5) is 0. The van der Waals surface area contributed by atoms with Crippen molar-refractivity contribution in [3.8, 4) is 5.75 Å². The van der Waals surface area contributed by atoms with Crippen LogP contribution in [0.3, 0.4) is 0 Å². The number of ether oxygens (including phenoxy) is 2. The predicted octanol–water partition coefficient (Wildman–Crippen LogP) is 1.74. The van der Waals surface area contributed by atoms with Crippen molar-refractivity contribution >= 4 is 5.69 Å². The zero-order valence-electron chi connectivity index (χ0n) is 8.32. The van der Waals surface area contributed by atoms with Crippen molar-refractivity contribution in [2.75, 3.05) is 18.9 Å². The Morgan fingerprint density at radius 2 is 2.36 bits per heavy atom. The van der Waals surface area contributed by atoms with E-state index in [9.17, 15) is 0 Å². The summed E-state index contributed by atoms with van der Waals surface area (Å²) in [6.45, 7) is 3.50. The topological polar surface area (TPSA) is 44.5 Å². The molecule has 0 amide bonds. The lowest BCUT2D eigenvalue weighted by atomic mass is 10.2. The van der Waals surface area contributed by atoms with Gasteiger partial charge in [0, 0.05) is 18.2 Å². The van der Waals surface area contributed by atoms with Gasteiger partial charge in [0.2, 0.25) is 0 Å². The van der Waals surface area contributed by atoms with Crippen LogP contribution >= 0.6 is 0 Å². The summed E-state index contributed by atoms with van der Waals surface area (Å²) < 4.78 is 11.0. The Kier molecular flexibility index (Phi) is 2.59. The standard InChI is InChI=1S/C11H15NO2/c1-8-2-3-9(12)6-11(8)14-10-4-5-13-7-10/h2-3,6,10H,4-5,7,12H2,1H3/t10-/m1/s1. The van der Waals surface area contributed by atoms with Gasteiger partial charge in [0.05, 0.1) is 13.2 Å². The van der Waals surface area contributed by atoms with Crippen LogP contribution in [-0.4, -0.2) is 19.3 Å². The van der Waals surface area contributed by atoms with Gasteiger partial charge in [-0.2, -0.15) is 0 Å². The number of rotatable bonds is 2. The van der Waals surface area contributed by atoms with Gasteiger partial charge in [-0.3, -0.25) is 0 Å². The summed E-state index contributed by atoms with van der Waals surface area (Å²) in [5.41, 5.74) is 7.55. The number of anilines is 1. The minimum atomic E-state index is 0.190. The summed E-state index contributed by atoms with van der Waals surface area (Å²) in [7, 11) is 0. The molecule has 2 N–H and O–H groups in total.